The first-order valence-electron chi connectivity index (χ1n) is 15.8. The molecule has 2 heterocycles. The molecule has 11 nitrogen and oxygen atoms in total. The molecule has 5 amide bonds. The molecular formula is C36H40N6O5. The van der Waals surface area contributed by atoms with Gasteiger partial charge in [0.2, 0.25) is 29.5 Å². The second-order valence-electron chi connectivity index (χ2n) is 11.9. The van der Waals surface area contributed by atoms with Crippen molar-refractivity contribution < 1.29 is 24.0 Å². The molecule has 0 aliphatic carbocycles. The Morgan fingerprint density at radius 1 is 0.787 bits per heavy atom. The van der Waals surface area contributed by atoms with Crippen molar-refractivity contribution in [1.29, 1.82) is 0 Å². The number of fused-ring (bicyclic) bond motifs is 1. The third-order valence-electron chi connectivity index (χ3n) is 8.47. The maximum atomic E-state index is 13.8. The van der Waals surface area contributed by atoms with E-state index in [-0.39, 0.29) is 31.1 Å². The minimum Gasteiger partial charge on any atom is -0.368 e. The Bertz CT molecular complexity index is 1720. The van der Waals surface area contributed by atoms with Crippen LogP contribution in [0.15, 0.2) is 91.1 Å². The van der Waals surface area contributed by atoms with Gasteiger partial charge in [-0.25, -0.2) is 0 Å². The summed E-state index contributed by atoms with van der Waals surface area (Å²) in [6.45, 7) is 1.69. The number of nitrogens with zero attached hydrogens (tertiary/aromatic N) is 1. The van der Waals surface area contributed by atoms with Crippen molar-refractivity contribution in [3.63, 3.8) is 0 Å². The molecule has 47 heavy (non-hydrogen) atoms. The van der Waals surface area contributed by atoms with Gasteiger partial charge in [0.05, 0.1) is 0 Å². The molecular weight excluding hydrogens is 596 g/mol. The maximum Gasteiger partial charge on any atom is 0.246 e. The number of carbonyl (C=O) groups excluding carboxylic acids is 5. The lowest BCUT2D eigenvalue weighted by molar-refractivity contribution is -0.142. The molecule has 4 atom stereocenters. The zero-order chi connectivity index (χ0) is 33.3. The summed E-state index contributed by atoms with van der Waals surface area (Å²) in [7, 11) is 0. The van der Waals surface area contributed by atoms with Gasteiger partial charge in [0.25, 0.3) is 0 Å². The number of amides is 5. The van der Waals surface area contributed by atoms with Gasteiger partial charge in [0, 0.05) is 49.8 Å². The van der Waals surface area contributed by atoms with Crippen LogP contribution in [-0.4, -0.2) is 70.1 Å². The summed E-state index contributed by atoms with van der Waals surface area (Å²) >= 11 is 0. The molecule has 1 fully saturated rings. The van der Waals surface area contributed by atoms with Gasteiger partial charge in [-0.15, -0.1) is 0 Å². The molecule has 4 aromatic rings. The largest absolute Gasteiger partial charge is 0.368 e. The molecule has 0 radical (unpaired) electrons. The summed E-state index contributed by atoms with van der Waals surface area (Å²) in [5.74, 6) is -2.47. The fourth-order valence-corrected chi connectivity index (χ4v) is 6.14. The summed E-state index contributed by atoms with van der Waals surface area (Å²) in [5, 5.41) is 9.29. The average Bonchev–Trinajstić information content (AvgIpc) is 3.72. The number of aromatic nitrogens is 1. The van der Waals surface area contributed by atoms with Crippen molar-refractivity contribution in [1.82, 2.24) is 25.8 Å². The average molecular weight is 637 g/mol. The first-order chi connectivity index (χ1) is 22.7. The number of aromatic amines is 1. The van der Waals surface area contributed by atoms with E-state index in [0.717, 1.165) is 27.6 Å². The molecule has 6 N–H and O–H groups in total. The van der Waals surface area contributed by atoms with Crippen LogP contribution in [0.3, 0.4) is 0 Å². The number of H-pyrrole nitrogens is 1. The van der Waals surface area contributed by atoms with E-state index in [9.17, 15) is 24.0 Å². The summed E-state index contributed by atoms with van der Waals surface area (Å²) in [5.41, 5.74) is 9.13. The Morgan fingerprint density at radius 3 is 2.04 bits per heavy atom. The Labute approximate surface area is 273 Å². The zero-order valence-electron chi connectivity index (χ0n) is 26.3. The van der Waals surface area contributed by atoms with Gasteiger partial charge in [-0.1, -0.05) is 78.9 Å². The van der Waals surface area contributed by atoms with Crippen LogP contribution in [0.2, 0.25) is 0 Å². The molecule has 1 aliphatic rings. The van der Waals surface area contributed by atoms with E-state index in [2.05, 4.69) is 20.9 Å². The minimum absolute atomic E-state index is 0.153. The molecule has 1 saturated heterocycles. The van der Waals surface area contributed by atoms with Gasteiger partial charge < -0.3 is 31.6 Å². The van der Waals surface area contributed by atoms with Crippen LogP contribution in [0.5, 0.6) is 0 Å². The third kappa shape index (κ3) is 8.43. The van der Waals surface area contributed by atoms with E-state index in [0.29, 0.717) is 19.4 Å². The third-order valence-corrected chi connectivity index (χ3v) is 8.47. The van der Waals surface area contributed by atoms with Crippen LogP contribution in [0.4, 0.5) is 0 Å². The van der Waals surface area contributed by atoms with Crippen molar-refractivity contribution in [2.45, 2.75) is 63.2 Å². The van der Waals surface area contributed by atoms with Crippen LogP contribution in [-0.2, 0) is 43.2 Å². The Hall–Kier alpha value is -5.45. The van der Waals surface area contributed by atoms with E-state index < -0.39 is 41.9 Å². The van der Waals surface area contributed by atoms with E-state index in [1.165, 1.54) is 11.8 Å². The molecule has 0 spiro atoms. The summed E-state index contributed by atoms with van der Waals surface area (Å²) in [6, 6.07) is 22.4. The highest BCUT2D eigenvalue weighted by Crippen LogP contribution is 2.21. The molecule has 11 heteroatoms. The van der Waals surface area contributed by atoms with Gasteiger partial charge in [0.15, 0.2) is 0 Å². The number of benzene rings is 3. The Balaban J connectivity index is 1.33. The highest BCUT2D eigenvalue weighted by Gasteiger charge is 2.39. The summed E-state index contributed by atoms with van der Waals surface area (Å²) < 4.78 is 0. The number of nitrogens with one attached hydrogen (secondary N) is 4. The highest BCUT2D eigenvalue weighted by molar-refractivity contribution is 5.96. The molecule has 5 rings (SSSR count). The number of nitrogens with two attached hydrogens (primary N) is 1. The van der Waals surface area contributed by atoms with Crippen LogP contribution < -0.4 is 21.7 Å². The topological polar surface area (TPSA) is 166 Å². The molecule has 0 saturated carbocycles. The van der Waals surface area contributed by atoms with E-state index in [1.54, 1.807) is 6.20 Å². The van der Waals surface area contributed by atoms with Gasteiger partial charge in [-0.05, 0) is 35.6 Å². The zero-order valence-corrected chi connectivity index (χ0v) is 26.3. The standard InChI is InChI=1S/C36H40N6O5/c1-23(43)39-31(20-25-13-6-3-7-14-25)36(47)42-18-10-17-32(42)35(46)41-30(19-24-11-4-2-5-12-24)34(45)40-29(33(37)44)21-26-22-38-28-16-9-8-15-27(26)28/h2-9,11-16,22,29-32,38H,10,17-21H2,1H3,(H2,37,44)(H,39,43)(H,40,45)(H,41,46)/t29-,30+,31+,32-/m1/s1. The normalized spacial score (nSPS) is 16.2. The lowest BCUT2D eigenvalue weighted by Crippen LogP contribution is -2.58. The smallest absolute Gasteiger partial charge is 0.246 e. The number of likely N-dealkylation sites (tertiary alicyclic amines) is 1. The van der Waals surface area contributed by atoms with E-state index in [1.807, 2.05) is 84.9 Å². The number of primary amides is 1. The van der Waals surface area contributed by atoms with Crippen LogP contribution in [0, 0.1) is 0 Å². The van der Waals surface area contributed by atoms with Gasteiger partial charge in [-0.2, -0.15) is 0 Å². The summed E-state index contributed by atoms with van der Waals surface area (Å²) in [6.07, 6.45) is 3.36. The second kappa shape index (κ2) is 15.2. The molecule has 244 valence electrons. The van der Waals surface area contributed by atoms with Crippen LogP contribution in [0.25, 0.3) is 10.9 Å². The number of hydrogen-bond donors (Lipinski definition) is 5. The maximum absolute atomic E-state index is 13.8. The Morgan fingerprint density at radius 2 is 1.40 bits per heavy atom. The van der Waals surface area contributed by atoms with E-state index >= 15 is 0 Å². The van der Waals surface area contributed by atoms with Crippen molar-refractivity contribution >= 4 is 40.4 Å². The van der Waals surface area contributed by atoms with Gasteiger partial charge in [0.1, 0.15) is 24.2 Å². The van der Waals surface area contributed by atoms with Crippen molar-refractivity contribution in [2.75, 3.05) is 6.54 Å². The van der Waals surface area contributed by atoms with Crippen LogP contribution in [0.1, 0.15) is 36.5 Å². The van der Waals surface area contributed by atoms with Gasteiger partial charge >= 0.3 is 0 Å². The number of hydrogen-bond acceptors (Lipinski definition) is 5. The van der Waals surface area contributed by atoms with Crippen LogP contribution >= 0.6 is 0 Å². The number of carbonyl (C=O) groups is 5. The number of rotatable bonds is 13. The molecule has 0 unspecified atom stereocenters. The first-order valence-corrected chi connectivity index (χ1v) is 15.8. The predicted octanol–water partition coefficient (Wildman–Crippen LogP) is 2.15. The molecule has 0 bridgehead atoms. The second-order valence-corrected chi connectivity index (χ2v) is 11.9. The van der Waals surface area contributed by atoms with Crippen molar-refractivity contribution in [2.24, 2.45) is 5.73 Å². The quantitative estimate of drug-likeness (QED) is 0.151. The predicted molar refractivity (Wildman–Crippen MR) is 178 cm³/mol. The molecule has 1 aromatic heterocycles. The summed E-state index contributed by atoms with van der Waals surface area (Å²) in [4.78, 5) is 70.6. The van der Waals surface area contributed by atoms with Crippen molar-refractivity contribution in [3.05, 3.63) is 108 Å². The highest BCUT2D eigenvalue weighted by atomic mass is 16.2. The van der Waals surface area contributed by atoms with E-state index in [4.69, 9.17) is 5.73 Å². The SMILES string of the molecule is CC(=O)N[C@@H](Cc1ccccc1)C(=O)N1CCC[C@@H]1C(=O)N[C@@H](Cc1ccccc1)C(=O)N[C@H](Cc1c[nH]c2ccccc12)C(N)=O. The lowest BCUT2D eigenvalue weighted by atomic mass is 10.0. The number of para-hydroxylation sites is 1. The van der Waals surface area contributed by atoms with Crippen molar-refractivity contribution in [3.8, 4) is 0 Å². The first kappa shape index (κ1) is 32.9. The molecule has 3 aromatic carbocycles. The lowest BCUT2D eigenvalue weighted by Gasteiger charge is -2.30. The Kier molecular flexibility index (Phi) is 10.7. The fraction of sp³-hybridized carbons (Fsp3) is 0.306. The fourth-order valence-electron chi connectivity index (χ4n) is 6.14. The molecule has 1 aliphatic heterocycles. The monoisotopic (exact) mass is 636 g/mol. The minimum atomic E-state index is -1.05. The van der Waals surface area contributed by atoms with Gasteiger partial charge in [-0.3, -0.25) is 24.0 Å².